The molecule has 1 heterocycles. The van der Waals surface area contributed by atoms with Crippen LogP contribution in [0.25, 0.3) is 11.4 Å². The predicted molar refractivity (Wildman–Crippen MR) is 61.8 cm³/mol. The molecule has 0 radical (unpaired) electrons. The predicted octanol–water partition coefficient (Wildman–Crippen LogP) is 1.67. The maximum absolute atomic E-state index is 11.3. The Morgan fingerprint density at radius 1 is 1.28 bits per heavy atom. The molecule has 6 nitrogen and oxygen atoms in total. The van der Waals surface area contributed by atoms with Gasteiger partial charge in [0.2, 0.25) is 5.82 Å². The molecule has 0 saturated heterocycles. The van der Waals surface area contributed by atoms with Gasteiger partial charge in [0.15, 0.2) is 0 Å². The van der Waals surface area contributed by atoms with Gasteiger partial charge in [-0.1, -0.05) is 17.3 Å². The fourth-order valence-electron chi connectivity index (χ4n) is 1.43. The molecule has 0 aliphatic rings. The van der Waals surface area contributed by atoms with Crippen molar-refractivity contribution >= 4 is 5.97 Å². The molecule has 0 fully saturated rings. The molecule has 2 rings (SSSR count). The minimum atomic E-state index is -0.380. The summed E-state index contributed by atoms with van der Waals surface area (Å²) in [6.45, 7) is 0.271. The van der Waals surface area contributed by atoms with Crippen molar-refractivity contribution in [3.8, 4) is 11.4 Å². The molecular formula is C12H12N2O4. The fraction of sp³-hybridized carbons (Fsp3) is 0.250. The highest BCUT2D eigenvalue weighted by Crippen LogP contribution is 2.17. The number of esters is 1. The van der Waals surface area contributed by atoms with E-state index in [4.69, 9.17) is 9.26 Å². The van der Waals surface area contributed by atoms with Crippen LogP contribution >= 0.6 is 0 Å². The molecule has 94 valence electrons. The molecule has 0 spiro atoms. The van der Waals surface area contributed by atoms with E-state index in [0.29, 0.717) is 17.3 Å². The molecule has 18 heavy (non-hydrogen) atoms. The first-order valence-electron chi connectivity index (χ1n) is 5.25. The normalized spacial score (nSPS) is 10.3. The summed E-state index contributed by atoms with van der Waals surface area (Å²) >= 11 is 0. The van der Waals surface area contributed by atoms with Gasteiger partial charge >= 0.3 is 5.97 Å². The molecule has 1 aromatic heterocycles. The van der Waals surface area contributed by atoms with Gasteiger partial charge in [-0.15, -0.1) is 0 Å². The number of benzene rings is 1. The van der Waals surface area contributed by atoms with Gasteiger partial charge in [0.1, 0.15) is 6.61 Å². The third-order valence-electron chi connectivity index (χ3n) is 2.30. The standard InChI is InChI=1S/C12H12N2O4/c1-16-7-10-13-11(14-18-10)8-3-5-9(6-4-8)12(15)17-2/h3-6H,7H2,1-2H3. The number of methoxy groups -OCH3 is 2. The van der Waals surface area contributed by atoms with Crippen LogP contribution in [-0.2, 0) is 16.1 Å². The van der Waals surface area contributed by atoms with Crippen molar-refractivity contribution < 1.29 is 18.8 Å². The topological polar surface area (TPSA) is 74.5 Å². The zero-order chi connectivity index (χ0) is 13.0. The molecular weight excluding hydrogens is 236 g/mol. The maximum atomic E-state index is 11.3. The average molecular weight is 248 g/mol. The number of hydrogen-bond acceptors (Lipinski definition) is 6. The van der Waals surface area contributed by atoms with Crippen LogP contribution in [0.3, 0.4) is 0 Å². The third-order valence-corrected chi connectivity index (χ3v) is 2.30. The van der Waals surface area contributed by atoms with Gasteiger partial charge in [0, 0.05) is 12.7 Å². The Labute approximate surface area is 104 Å². The molecule has 0 aliphatic heterocycles. The Bertz CT molecular complexity index is 533. The highest BCUT2D eigenvalue weighted by molar-refractivity contribution is 5.89. The van der Waals surface area contributed by atoms with Crippen LogP contribution in [0.5, 0.6) is 0 Å². The molecule has 2 aromatic rings. The number of carbonyl (C=O) groups is 1. The Kier molecular flexibility index (Phi) is 3.69. The van der Waals surface area contributed by atoms with E-state index in [1.165, 1.54) is 7.11 Å². The van der Waals surface area contributed by atoms with Gasteiger partial charge in [0.05, 0.1) is 12.7 Å². The van der Waals surface area contributed by atoms with Crippen molar-refractivity contribution in [2.24, 2.45) is 0 Å². The van der Waals surface area contributed by atoms with Crippen molar-refractivity contribution in [1.82, 2.24) is 10.1 Å². The van der Waals surface area contributed by atoms with E-state index in [2.05, 4.69) is 14.9 Å². The van der Waals surface area contributed by atoms with Crippen molar-refractivity contribution in [2.45, 2.75) is 6.61 Å². The second kappa shape index (κ2) is 5.42. The van der Waals surface area contributed by atoms with Crippen LogP contribution in [0.15, 0.2) is 28.8 Å². The first-order chi connectivity index (χ1) is 8.74. The lowest BCUT2D eigenvalue weighted by molar-refractivity contribution is 0.0601. The van der Waals surface area contributed by atoms with E-state index >= 15 is 0 Å². The molecule has 0 unspecified atom stereocenters. The van der Waals surface area contributed by atoms with E-state index in [1.807, 2.05) is 0 Å². The van der Waals surface area contributed by atoms with Crippen molar-refractivity contribution in [1.29, 1.82) is 0 Å². The van der Waals surface area contributed by atoms with Crippen molar-refractivity contribution in [3.05, 3.63) is 35.7 Å². The Morgan fingerprint density at radius 3 is 2.61 bits per heavy atom. The van der Waals surface area contributed by atoms with Gasteiger partial charge < -0.3 is 14.0 Å². The number of rotatable bonds is 4. The molecule has 0 bridgehead atoms. The first-order valence-corrected chi connectivity index (χ1v) is 5.25. The SMILES string of the molecule is COCc1nc(-c2ccc(C(=O)OC)cc2)no1. The van der Waals surface area contributed by atoms with E-state index in [0.717, 1.165) is 5.56 Å². The van der Waals surface area contributed by atoms with Crippen LogP contribution in [0, 0.1) is 0 Å². The minimum absolute atomic E-state index is 0.271. The van der Waals surface area contributed by atoms with Gasteiger partial charge in [-0.3, -0.25) is 0 Å². The van der Waals surface area contributed by atoms with Gasteiger partial charge in [-0.25, -0.2) is 4.79 Å². The van der Waals surface area contributed by atoms with Crippen LogP contribution in [0.1, 0.15) is 16.2 Å². The van der Waals surface area contributed by atoms with Crippen LogP contribution in [-0.4, -0.2) is 30.3 Å². The summed E-state index contributed by atoms with van der Waals surface area (Å²) < 4.78 is 14.5. The summed E-state index contributed by atoms with van der Waals surface area (Å²) in [7, 11) is 2.89. The summed E-state index contributed by atoms with van der Waals surface area (Å²) in [5.74, 6) is 0.484. The largest absolute Gasteiger partial charge is 0.465 e. The summed E-state index contributed by atoms with van der Waals surface area (Å²) in [6.07, 6.45) is 0. The summed E-state index contributed by atoms with van der Waals surface area (Å²) in [5, 5.41) is 3.82. The van der Waals surface area contributed by atoms with E-state index in [1.54, 1.807) is 31.4 Å². The fourth-order valence-corrected chi connectivity index (χ4v) is 1.43. The maximum Gasteiger partial charge on any atom is 0.337 e. The molecule has 0 N–H and O–H groups in total. The van der Waals surface area contributed by atoms with Gasteiger partial charge in [-0.05, 0) is 12.1 Å². The van der Waals surface area contributed by atoms with Crippen LogP contribution < -0.4 is 0 Å². The molecule has 6 heteroatoms. The number of hydrogen-bond donors (Lipinski definition) is 0. The summed E-state index contributed by atoms with van der Waals surface area (Å²) in [6, 6.07) is 6.75. The molecule has 0 atom stereocenters. The second-order valence-corrected chi connectivity index (χ2v) is 3.51. The van der Waals surface area contributed by atoms with Crippen LogP contribution in [0.4, 0.5) is 0 Å². The van der Waals surface area contributed by atoms with Gasteiger partial charge in [0.25, 0.3) is 5.89 Å². The molecule has 0 amide bonds. The zero-order valence-corrected chi connectivity index (χ0v) is 10.0. The third kappa shape index (κ3) is 2.54. The van der Waals surface area contributed by atoms with Crippen molar-refractivity contribution in [3.63, 3.8) is 0 Å². The lowest BCUT2D eigenvalue weighted by atomic mass is 10.1. The average Bonchev–Trinajstić information content (AvgIpc) is 2.87. The Balaban J connectivity index is 2.20. The number of carbonyl (C=O) groups excluding carboxylic acids is 1. The van der Waals surface area contributed by atoms with E-state index in [9.17, 15) is 4.79 Å². The minimum Gasteiger partial charge on any atom is -0.465 e. The zero-order valence-electron chi connectivity index (χ0n) is 10.0. The molecule has 1 aromatic carbocycles. The van der Waals surface area contributed by atoms with E-state index in [-0.39, 0.29) is 12.6 Å². The molecule has 0 aliphatic carbocycles. The lowest BCUT2D eigenvalue weighted by Gasteiger charge is -1.99. The number of ether oxygens (including phenoxy) is 2. The number of nitrogens with zero attached hydrogens (tertiary/aromatic N) is 2. The van der Waals surface area contributed by atoms with Gasteiger partial charge in [-0.2, -0.15) is 4.98 Å². The highest BCUT2D eigenvalue weighted by Gasteiger charge is 2.10. The lowest BCUT2D eigenvalue weighted by Crippen LogP contribution is -2.00. The van der Waals surface area contributed by atoms with Crippen LogP contribution in [0.2, 0.25) is 0 Å². The Hall–Kier alpha value is -2.21. The second-order valence-electron chi connectivity index (χ2n) is 3.51. The van der Waals surface area contributed by atoms with E-state index < -0.39 is 0 Å². The monoisotopic (exact) mass is 248 g/mol. The Morgan fingerprint density at radius 2 is 2.00 bits per heavy atom. The highest BCUT2D eigenvalue weighted by atomic mass is 16.5. The smallest absolute Gasteiger partial charge is 0.337 e. The summed E-state index contributed by atoms with van der Waals surface area (Å²) in [5.41, 5.74) is 1.23. The first kappa shape index (κ1) is 12.3. The summed E-state index contributed by atoms with van der Waals surface area (Å²) in [4.78, 5) is 15.4. The molecule has 0 saturated carbocycles. The van der Waals surface area contributed by atoms with Crippen molar-refractivity contribution in [2.75, 3.05) is 14.2 Å². The number of aromatic nitrogens is 2. The quantitative estimate of drug-likeness (QED) is 0.766.